The maximum Gasteiger partial charge on any atom is 0.156 e. The Balaban J connectivity index is 2.75. The van der Waals surface area contributed by atoms with Gasteiger partial charge in [0.2, 0.25) is 0 Å². The number of Topliss-reactive ketones (excluding diaryl/α,β-unsaturated/α-hetero) is 1. The van der Waals surface area contributed by atoms with E-state index >= 15 is 0 Å². The molecule has 0 aliphatic carbocycles. The molecule has 1 aromatic rings. The third-order valence-corrected chi connectivity index (χ3v) is 2.17. The molecule has 2 nitrogen and oxygen atoms in total. The van der Waals surface area contributed by atoms with E-state index in [1.54, 1.807) is 13.8 Å². The smallest absolute Gasteiger partial charge is 0.156 e. The molecule has 0 bridgehead atoms. The van der Waals surface area contributed by atoms with Crippen molar-refractivity contribution in [2.75, 3.05) is 0 Å². The molecular weight excluding hydrogens is 174 g/mol. The van der Waals surface area contributed by atoms with E-state index in [0.29, 0.717) is 6.42 Å². The third kappa shape index (κ3) is 2.96. The first-order valence-electron chi connectivity index (χ1n) is 4.77. The minimum Gasteiger partial charge on any atom is -0.319 e. The second-order valence-electron chi connectivity index (χ2n) is 4.31. The molecule has 14 heavy (non-hydrogen) atoms. The van der Waals surface area contributed by atoms with E-state index in [-0.39, 0.29) is 5.78 Å². The van der Waals surface area contributed by atoms with Crippen LogP contribution in [0.5, 0.6) is 0 Å². The number of ketones is 1. The Bertz CT molecular complexity index is 336. The van der Waals surface area contributed by atoms with Gasteiger partial charge in [0.1, 0.15) is 0 Å². The van der Waals surface area contributed by atoms with Crippen molar-refractivity contribution in [3.63, 3.8) is 0 Å². The van der Waals surface area contributed by atoms with Crippen molar-refractivity contribution < 1.29 is 4.79 Å². The van der Waals surface area contributed by atoms with Crippen LogP contribution in [-0.2, 0) is 11.2 Å². The molecule has 0 saturated heterocycles. The average Bonchev–Trinajstić information content (AvgIpc) is 2.02. The quantitative estimate of drug-likeness (QED) is 0.792. The van der Waals surface area contributed by atoms with Gasteiger partial charge in [-0.15, -0.1) is 0 Å². The fraction of sp³-hybridized carbons (Fsp3) is 0.417. The molecule has 0 atom stereocenters. The van der Waals surface area contributed by atoms with Gasteiger partial charge >= 0.3 is 0 Å². The summed E-state index contributed by atoms with van der Waals surface area (Å²) in [5, 5.41) is 0. The topological polar surface area (TPSA) is 43.1 Å². The van der Waals surface area contributed by atoms with Crippen LogP contribution in [0.1, 0.15) is 25.0 Å². The lowest BCUT2D eigenvalue weighted by Crippen LogP contribution is -2.42. The maximum atomic E-state index is 11.6. The fourth-order valence-electron chi connectivity index (χ4n) is 1.24. The molecule has 76 valence electrons. The number of carbonyl (C=O) groups excluding carboxylic acids is 1. The molecule has 2 heteroatoms. The van der Waals surface area contributed by atoms with Crippen LogP contribution >= 0.6 is 0 Å². The lowest BCUT2D eigenvalue weighted by molar-refractivity contribution is -0.122. The predicted octanol–water partition coefficient (Wildman–Crippen LogP) is 1.84. The number of benzene rings is 1. The van der Waals surface area contributed by atoms with Crippen molar-refractivity contribution >= 4 is 5.78 Å². The molecule has 0 saturated carbocycles. The van der Waals surface area contributed by atoms with Crippen molar-refractivity contribution in [3.05, 3.63) is 35.4 Å². The van der Waals surface area contributed by atoms with Crippen molar-refractivity contribution in [2.45, 2.75) is 32.7 Å². The minimum atomic E-state index is -0.732. The summed E-state index contributed by atoms with van der Waals surface area (Å²) < 4.78 is 0. The number of hydrogen-bond acceptors (Lipinski definition) is 2. The van der Waals surface area contributed by atoms with E-state index in [4.69, 9.17) is 5.73 Å². The van der Waals surface area contributed by atoms with Gasteiger partial charge in [0.05, 0.1) is 5.54 Å². The summed E-state index contributed by atoms with van der Waals surface area (Å²) in [6.07, 6.45) is 0.422. The largest absolute Gasteiger partial charge is 0.319 e. The molecule has 0 aliphatic heterocycles. The number of aryl methyl sites for hydroxylation is 1. The Hall–Kier alpha value is -1.15. The summed E-state index contributed by atoms with van der Waals surface area (Å²) in [5.41, 5.74) is 7.19. The molecule has 0 aliphatic rings. The van der Waals surface area contributed by atoms with Gasteiger partial charge < -0.3 is 5.73 Å². The molecule has 1 aromatic carbocycles. The first kappa shape index (κ1) is 10.9. The minimum absolute atomic E-state index is 0.0723. The van der Waals surface area contributed by atoms with Crippen LogP contribution in [0, 0.1) is 6.92 Å². The van der Waals surface area contributed by atoms with Crippen molar-refractivity contribution in [3.8, 4) is 0 Å². The standard InChI is InChI=1S/C12H17NO/c1-9-5-4-6-10(7-9)8-11(14)12(2,3)13/h4-7H,8,13H2,1-3H3. The second-order valence-corrected chi connectivity index (χ2v) is 4.31. The summed E-state index contributed by atoms with van der Waals surface area (Å²) in [6.45, 7) is 5.50. The molecule has 1 rings (SSSR count). The molecule has 0 fully saturated rings. The Labute approximate surface area is 85.1 Å². The van der Waals surface area contributed by atoms with Crippen molar-refractivity contribution in [2.24, 2.45) is 5.73 Å². The molecule has 0 heterocycles. The molecule has 0 spiro atoms. The maximum absolute atomic E-state index is 11.6. The van der Waals surface area contributed by atoms with Gasteiger partial charge in [0.25, 0.3) is 0 Å². The molecule has 0 radical (unpaired) electrons. The van der Waals surface area contributed by atoms with E-state index in [2.05, 4.69) is 0 Å². The van der Waals surface area contributed by atoms with Crippen LogP contribution in [0.3, 0.4) is 0 Å². The number of hydrogen-bond donors (Lipinski definition) is 1. The predicted molar refractivity (Wildman–Crippen MR) is 58.2 cm³/mol. The molecule has 0 aromatic heterocycles. The van der Waals surface area contributed by atoms with Gasteiger partial charge in [0, 0.05) is 6.42 Å². The second kappa shape index (κ2) is 3.93. The van der Waals surface area contributed by atoms with Crippen LogP contribution in [0.2, 0.25) is 0 Å². The summed E-state index contributed by atoms with van der Waals surface area (Å²) in [4.78, 5) is 11.6. The lowest BCUT2D eigenvalue weighted by Gasteiger charge is -2.16. The van der Waals surface area contributed by atoms with Crippen LogP contribution < -0.4 is 5.73 Å². The zero-order chi connectivity index (χ0) is 10.8. The van der Waals surface area contributed by atoms with Crippen LogP contribution in [0.15, 0.2) is 24.3 Å². The third-order valence-electron chi connectivity index (χ3n) is 2.17. The number of carbonyl (C=O) groups is 1. The number of rotatable bonds is 3. The fourth-order valence-corrected chi connectivity index (χ4v) is 1.24. The lowest BCUT2D eigenvalue weighted by atomic mass is 9.94. The summed E-state index contributed by atoms with van der Waals surface area (Å²) in [5.74, 6) is 0.0723. The Morgan fingerprint density at radius 3 is 2.57 bits per heavy atom. The van der Waals surface area contributed by atoms with Gasteiger partial charge in [0.15, 0.2) is 5.78 Å². The Morgan fingerprint density at radius 1 is 1.43 bits per heavy atom. The number of nitrogens with two attached hydrogens (primary N) is 1. The summed E-state index contributed by atoms with van der Waals surface area (Å²) in [7, 11) is 0. The van der Waals surface area contributed by atoms with E-state index in [1.165, 1.54) is 5.56 Å². The van der Waals surface area contributed by atoms with Crippen LogP contribution in [0.25, 0.3) is 0 Å². The van der Waals surface area contributed by atoms with Gasteiger partial charge in [-0.25, -0.2) is 0 Å². The molecule has 0 unspecified atom stereocenters. The van der Waals surface area contributed by atoms with Gasteiger partial charge in [-0.2, -0.15) is 0 Å². The monoisotopic (exact) mass is 191 g/mol. The summed E-state index contributed by atoms with van der Waals surface area (Å²) >= 11 is 0. The zero-order valence-electron chi connectivity index (χ0n) is 9.00. The molecular formula is C12H17NO. The van der Waals surface area contributed by atoms with E-state index < -0.39 is 5.54 Å². The SMILES string of the molecule is Cc1cccc(CC(=O)C(C)(C)N)c1. The normalized spacial score (nSPS) is 11.4. The van der Waals surface area contributed by atoms with Crippen molar-refractivity contribution in [1.29, 1.82) is 0 Å². The molecule has 2 N–H and O–H groups in total. The highest BCUT2D eigenvalue weighted by atomic mass is 16.1. The summed E-state index contributed by atoms with van der Waals surface area (Å²) in [6, 6.07) is 7.95. The van der Waals surface area contributed by atoms with E-state index in [1.807, 2.05) is 31.2 Å². The van der Waals surface area contributed by atoms with E-state index in [0.717, 1.165) is 5.56 Å². The Kier molecular flexibility index (Phi) is 3.06. The highest BCUT2D eigenvalue weighted by Gasteiger charge is 2.21. The highest BCUT2D eigenvalue weighted by molar-refractivity contribution is 5.89. The Morgan fingerprint density at radius 2 is 2.07 bits per heavy atom. The molecule has 0 amide bonds. The first-order chi connectivity index (χ1) is 6.39. The average molecular weight is 191 g/mol. The zero-order valence-corrected chi connectivity index (χ0v) is 9.00. The van der Waals surface area contributed by atoms with Gasteiger partial charge in [-0.3, -0.25) is 4.79 Å². The van der Waals surface area contributed by atoms with E-state index in [9.17, 15) is 4.79 Å². The van der Waals surface area contributed by atoms with Gasteiger partial charge in [-0.1, -0.05) is 29.8 Å². The van der Waals surface area contributed by atoms with Gasteiger partial charge in [-0.05, 0) is 26.3 Å². The first-order valence-corrected chi connectivity index (χ1v) is 4.77. The van der Waals surface area contributed by atoms with Crippen LogP contribution in [-0.4, -0.2) is 11.3 Å². The van der Waals surface area contributed by atoms with Crippen LogP contribution in [0.4, 0.5) is 0 Å². The highest BCUT2D eigenvalue weighted by Crippen LogP contribution is 2.09. The van der Waals surface area contributed by atoms with Crippen molar-refractivity contribution in [1.82, 2.24) is 0 Å².